The molecular weight excluding hydrogens is 451 g/mol. The predicted octanol–water partition coefficient (Wildman–Crippen LogP) is 8.45. The van der Waals surface area contributed by atoms with Gasteiger partial charge in [0.15, 0.2) is 12.4 Å². The summed E-state index contributed by atoms with van der Waals surface area (Å²) in [6.45, 7) is 3.52. The molecule has 0 N–H and O–H groups in total. The Hall–Kier alpha value is -2.24. The molecule has 4 rings (SSSR count). The van der Waals surface area contributed by atoms with Gasteiger partial charge in [-0.2, -0.15) is 13.2 Å². The zero-order valence-corrected chi connectivity index (χ0v) is 21.1. The van der Waals surface area contributed by atoms with Crippen LogP contribution in [0.1, 0.15) is 92.2 Å². The minimum Gasteiger partial charge on any atom is -0.484 e. The van der Waals surface area contributed by atoms with Crippen LogP contribution in [-0.2, 0) is 6.54 Å². The van der Waals surface area contributed by atoms with Crippen LogP contribution in [0.5, 0.6) is 5.75 Å². The van der Waals surface area contributed by atoms with Gasteiger partial charge in [0.25, 0.3) is 0 Å². The fraction of sp³-hybridized carbons (Fsp3) is 0.621. The number of ether oxygens (including phenoxy) is 1. The number of halogens is 3. The van der Waals surface area contributed by atoms with Gasteiger partial charge in [0.1, 0.15) is 5.75 Å². The van der Waals surface area contributed by atoms with Crippen molar-refractivity contribution in [1.29, 1.82) is 0 Å². The molecule has 0 saturated heterocycles. The lowest BCUT2D eigenvalue weighted by Crippen LogP contribution is -2.19. The summed E-state index contributed by atoms with van der Waals surface area (Å²) in [5, 5.41) is 0. The Labute approximate surface area is 207 Å². The topological polar surface area (TPSA) is 31.2 Å². The first-order chi connectivity index (χ1) is 16.7. The van der Waals surface area contributed by atoms with Crippen LogP contribution >= 0.6 is 0 Å². The first kappa shape index (κ1) is 25.8. The molecule has 2 fully saturated rings. The number of ketones is 1. The molecule has 3 nitrogen and oxygen atoms in total. The highest BCUT2D eigenvalue weighted by atomic mass is 19.4. The van der Waals surface area contributed by atoms with E-state index in [2.05, 4.69) is 11.5 Å². The van der Waals surface area contributed by atoms with Crippen LogP contribution in [0, 0.1) is 25.7 Å². The summed E-state index contributed by atoms with van der Waals surface area (Å²) < 4.78 is 45.0. The monoisotopic (exact) mass is 489 g/mol. The number of aromatic nitrogens is 1. The molecule has 0 aliphatic heterocycles. The van der Waals surface area contributed by atoms with Crippen LogP contribution < -0.4 is 4.74 Å². The summed E-state index contributed by atoms with van der Waals surface area (Å²) in [6, 6.07) is 7.13. The smallest absolute Gasteiger partial charge is 0.422 e. The maximum absolute atomic E-state index is 13.4. The second-order valence-corrected chi connectivity index (χ2v) is 10.7. The van der Waals surface area contributed by atoms with Crippen molar-refractivity contribution in [2.75, 3.05) is 6.61 Å². The number of alkyl halides is 3. The third kappa shape index (κ3) is 6.71. The molecule has 0 radical (unpaired) electrons. The summed E-state index contributed by atoms with van der Waals surface area (Å²) in [6.07, 6.45) is 8.40. The molecule has 1 heterocycles. The number of carbonyl (C=O) groups excluding carboxylic acids is 1. The highest BCUT2D eigenvalue weighted by molar-refractivity contribution is 5.99. The highest BCUT2D eigenvalue weighted by Crippen LogP contribution is 2.35. The quantitative estimate of drug-likeness (QED) is 0.348. The van der Waals surface area contributed by atoms with Gasteiger partial charge in [-0.15, -0.1) is 0 Å². The molecule has 2 aromatic rings. The number of hydrogen-bond donors (Lipinski definition) is 0. The van der Waals surface area contributed by atoms with Gasteiger partial charge in [-0.25, -0.2) is 0 Å². The SMILES string of the molecule is Cc1cc(OCC(F)(F)F)ccc1-c1cc(C(=O)CC2CCCCC2)c(C)n1CC1CCCCC1. The van der Waals surface area contributed by atoms with E-state index in [1.807, 2.05) is 19.1 Å². The fourth-order valence-electron chi connectivity index (χ4n) is 5.96. The first-order valence-corrected chi connectivity index (χ1v) is 13.2. The summed E-state index contributed by atoms with van der Waals surface area (Å²) in [7, 11) is 0. The van der Waals surface area contributed by atoms with Crippen molar-refractivity contribution in [1.82, 2.24) is 4.57 Å². The van der Waals surface area contributed by atoms with Crippen molar-refractivity contribution >= 4 is 5.78 Å². The lowest BCUT2D eigenvalue weighted by atomic mass is 9.85. The average Bonchev–Trinajstić information content (AvgIpc) is 3.14. The van der Waals surface area contributed by atoms with Gasteiger partial charge in [0, 0.05) is 35.5 Å². The summed E-state index contributed by atoms with van der Waals surface area (Å²) >= 11 is 0. The highest BCUT2D eigenvalue weighted by Gasteiger charge is 2.29. The van der Waals surface area contributed by atoms with E-state index in [1.54, 1.807) is 12.1 Å². The third-order valence-corrected chi connectivity index (χ3v) is 7.91. The Kier molecular flexibility index (Phi) is 8.28. The molecular formula is C29H38F3NO2. The van der Waals surface area contributed by atoms with Gasteiger partial charge >= 0.3 is 6.18 Å². The van der Waals surface area contributed by atoms with Crippen LogP contribution in [-0.4, -0.2) is 23.1 Å². The molecule has 1 aromatic carbocycles. The molecule has 0 atom stereocenters. The molecule has 0 spiro atoms. The number of hydrogen-bond acceptors (Lipinski definition) is 2. The number of nitrogens with zero attached hydrogens (tertiary/aromatic N) is 1. The Bertz CT molecular complexity index is 1010. The van der Waals surface area contributed by atoms with E-state index in [-0.39, 0.29) is 11.5 Å². The van der Waals surface area contributed by atoms with E-state index in [1.165, 1.54) is 51.4 Å². The minimum atomic E-state index is -4.37. The molecule has 2 aliphatic carbocycles. The number of carbonyl (C=O) groups is 1. The second-order valence-electron chi connectivity index (χ2n) is 10.7. The number of benzene rings is 1. The molecule has 0 amide bonds. The van der Waals surface area contributed by atoms with E-state index in [9.17, 15) is 18.0 Å². The zero-order valence-electron chi connectivity index (χ0n) is 21.1. The predicted molar refractivity (Wildman–Crippen MR) is 133 cm³/mol. The molecule has 2 aliphatic rings. The first-order valence-electron chi connectivity index (χ1n) is 13.2. The standard InChI is InChI=1S/C29H38F3NO2/c1-20-15-24(35-19-29(30,31)32)13-14-25(20)27-17-26(28(34)16-22-9-5-3-6-10-22)21(2)33(27)18-23-11-7-4-8-12-23/h13-15,17,22-23H,3-12,16,18-19H2,1-2H3. The normalized spacial score (nSPS) is 18.1. The Balaban J connectivity index is 1.63. The van der Waals surface area contributed by atoms with Crippen molar-refractivity contribution in [2.45, 2.75) is 97.2 Å². The number of rotatable bonds is 8. The van der Waals surface area contributed by atoms with Gasteiger partial charge in [-0.3, -0.25) is 4.79 Å². The summed E-state index contributed by atoms with van der Waals surface area (Å²) in [4.78, 5) is 13.4. The van der Waals surface area contributed by atoms with Gasteiger partial charge in [0.2, 0.25) is 0 Å². The van der Waals surface area contributed by atoms with Gasteiger partial charge in [0.05, 0.1) is 0 Å². The van der Waals surface area contributed by atoms with Gasteiger partial charge < -0.3 is 9.30 Å². The van der Waals surface area contributed by atoms with E-state index in [0.29, 0.717) is 18.3 Å². The van der Waals surface area contributed by atoms with Crippen LogP contribution in [0.15, 0.2) is 24.3 Å². The largest absolute Gasteiger partial charge is 0.484 e. The molecule has 0 bridgehead atoms. The second kappa shape index (κ2) is 11.2. The van der Waals surface area contributed by atoms with Crippen molar-refractivity contribution in [3.63, 3.8) is 0 Å². The lowest BCUT2D eigenvalue weighted by molar-refractivity contribution is -0.153. The van der Waals surface area contributed by atoms with Crippen molar-refractivity contribution in [3.8, 4) is 17.0 Å². The number of aryl methyl sites for hydroxylation is 1. The molecule has 6 heteroatoms. The van der Waals surface area contributed by atoms with Crippen molar-refractivity contribution in [3.05, 3.63) is 41.1 Å². The molecule has 2 saturated carbocycles. The van der Waals surface area contributed by atoms with E-state index >= 15 is 0 Å². The molecule has 192 valence electrons. The zero-order chi connectivity index (χ0) is 25.0. The van der Waals surface area contributed by atoms with E-state index in [0.717, 1.165) is 47.5 Å². The van der Waals surface area contributed by atoms with Crippen LogP contribution in [0.3, 0.4) is 0 Å². The van der Waals surface area contributed by atoms with Crippen LogP contribution in [0.25, 0.3) is 11.3 Å². The fourth-order valence-corrected chi connectivity index (χ4v) is 5.96. The maximum atomic E-state index is 13.4. The lowest BCUT2D eigenvalue weighted by Gasteiger charge is -2.25. The van der Waals surface area contributed by atoms with E-state index in [4.69, 9.17) is 4.74 Å². The molecule has 0 unspecified atom stereocenters. The Morgan fingerprint density at radius 1 is 0.943 bits per heavy atom. The maximum Gasteiger partial charge on any atom is 0.422 e. The molecule has 1 aromatic heterocycles. The van der Waals surface area contributed by atoms with Crippen LogP contribution in [0.2, 0.25) is 0 Å². The number of Topliss-reactive ketones (excluding diaryl/α,β-unsaturated/α-hetero) is 1. The average molecular weight is 490 g/mol. The Morgan fingerprint density at radius 3 is 2.17 bits per heavy atom. The summed E-state index contributed by atoms with van der Waals surface area (Å²) in [5.41, 5.74) is 4.60. The Morgan fingerprint density at radius 2 is 1.57 bits per heavy atom. The van der Waals surface area contributed by atoms with Gasteiger partial charge in [-0.1, -0.05) is 51.4 Å². The van der Waals surface area contributed by atoms with Crippen LogP contribution in [0.4, 0.5) is 13.2 Å². The van der Waals surface area contributed by atoms with E-state index < -0.39 is 12.8 Å². The summed E-state index contributed by atoms with van der Waals surface area (Å²) in [5.74, 6) is 1.50. The van der Waals surface area contributed by atoms with Crippen molar-refractivity contribution in [2.24, 2.45) is 11.8 Å². The van der Waals surface area contributed by atoms with Crippen molar-refractivity contribution < 1.29 is 22.7 Å². The van der Waals surface area contributed by atoms with Gasteiger partial charge in [-0.05, 0) is 68.4 Å². The molecule has 35 heavy (non-hydrogen) atoms. The third-order valence-electron chi connectivity index (χ3n) is 7.91. The minimum absolute atomic E-state index is 0.208.